The average molecular weight is 331 g/mol. The number of nitrogens with two attached hydrogens (primary N) is 1. The minimum absolute atomic E-state index is 0.343. The first-order valence-electron chi connectivity index (χ1n) is 7.09. The summed E-state index contributed by atoms with van der Waals surface area (Å²) in [5.74, 6) is 0. The van der Waals surface area contributed by atoms with Crippen molar-refractivity contribution >= 4 is 31.9 Å². The molecule has 5 heteroatoms. The molecule has 3 nitrogen and oxygen atoms in total. The molecule has 114 valence electrons. The smallest absolute Gasteiger partial charge is 0.186 e. The summed E-state index contributed by atoms with van der Waals surface area (Å²) in [6.45, 7) is 0.343. The Morgan fingerprint density at radius 1 is 1.00 bits per heavy atom. The summed E-state index contributed by atoms with van der Waals surface area (Å²) in [6.07, 6.45) is 0.426. The molecule has 0 aliphatic carbocycles. The van der Waals surface area contributed by atoms with Gasteiger partial charge in [-0.1, -0.05) is 36.4 Å². The molecule has 0 aliphatic rings. The fourth-order valence-electron chi connectivity index (χ4n) is 2.58. The van der Waals surface area contributed by atoms with E-state index in [0.29, 0.717) is 17.9 Å². The molecule has 1 atom stereocenters. The summed E-state index contributed by atoms with van der Waals surface area (Å²) in [5, 5.41) is 3.29. The van der Waals surface area contributed by atoms with E-state index in [1.807, 2.05) is 47.8 Å². The third-order valence-corrected chi connectivity index (χ3v) is 7.00. The minimum Gasteiger partial charge on any atom is -0.330 e. The summed E-state index contributed by atoms with van der Waals surface area (Å²) < 4.78 is 26.0. The van der Waals surface area contributed by atoms with Gasteiger partial charge in [0.1, 0.15) is 5.25 Å². The molecule has 0 fully saturated rings. The van der Waals surface area contributed by atoms with Crippen molar-refractivity contribution in [1.29, 1.82) is 0 Å². The predicted molar refractivity (Wildman–Crippen MR) is 91.9 cm³/mol. The van der Waals surface area contributed by atoms with Crippen LogP contribution < -0.4 is 5.73 Å². The SMILES string of the molecule is NCCC(c1cccs1)S(=O)(=O)c1ccc2ccccc2c1. The number of hydrogen-bond acceptors (Lipinski definition) is 4. The van der Waals surface area contributed by atoms with Gasteiger partial charge in [-0.3, -0.25) is 0 Å². The number of rotatable bonds is 5. The zero-order chi connectivity index (χ0) is 15.6. The van der Waals surface area contributed by atoms with Gasteiger partial charge < -0.3 is 5.73 Å². The van der Waals surface area contributed by atoms with Gasteiger partial charge in [0.2, 0.25) is 0 Å². The maximum atomic E-state index is 13.0. The van der Waals surface area contributed by atoms with E-state index in [1.54, 1.807) is 12.1 Å². The molecule has 3 aromatic rings. The molecule has 1 unspecified atom stereocenters. The lowest BCUT2D eigenvalue weighted by Crippen LogP contribution is -2.16. The summed E-state index contributed by atoms with van der Waals surface area (Å²) in [6, 6.07) is 16.8. The first-order chi connectivity index (χ1) is 10.6. The van der Waals surface area contributed by atoms with E-state index in [-0.39, 0.29) is 0 Å². The van der Waals surface area contributed by atoms with Crippen LogP contribution in [0.1, 0.15) is 16.5 Å². The van der Waals surface area contributed by atoms with Gasteiger partial charge in [0.25, 0.3) is 0 Å². The zero-order valence-corrected chi connectivity index (χ0v) is 13.6. The van der Waals surface area contributed by atoms with Gasteiger partial charge in [0.15, 0.2) is 9.84 Å². The Hall–Kier alpha value is -1.69. The van der Waals surface area contributed by atoms with E-state index in [1.165, 1.54) is 11.3 Å². The van der Waals surface area contributed by atoms with E-state index in [0.717, 1.165) is 15.6 Å². The van der Waals surface area contributed by atoms with Gasteiger partial charge in [-0.25, -0.2) is 8.42 Å². The van der Waals surface area contributed by atoms with Crippen LogP contribution in [-0.2, 0) is 9.84 Å². The third-order valence-electron chi connectivity index (χ3n) is 3.71. The molecule has 2 aromatic carbocycles. The molecule has 0 amide bonds. The molecular formula is C17H17NO2S2. The molecule has 0 saturated carbocycles. The molecule has 0 spiro atoms. The van der Waals surface area contributed by atoms with Gasteiger partial charge in [-0.05, 0) is 47.3 Å². The fourth-order valence-corrected chi connectivity index (χ4v) is 5.58. The van der Waals surface area contributed by atoms with Crippen molar-refractivity contribution in [2.75, 3.05) is 6.54 Å². The van der Waals surface area contributed by atoms with Crippen LogP contribution in [0.25, 0.3) is 10.8 Å². The molecular weight excluding hydrogens is 314 g/mol. The maximum absolute atomic E-state index is 13.0. The highest BCUT2D eigenvalue weighted by atomic mass is 32.2. The second-order valence-corrected chi connectivity index (χ2v) is 8.25. The topological polar surface area (TPSA) is 60.2 Å². The Morgan fingerprint density at radius 3 is 2.45 bits per heavy atom. The average Bonchev–Trinajstić information content (AvgIpc) is 3.06. The van der Waals surface area contributed by atoms with E-state index in [2.05, 4.69) is 0 Å². The molecule has 0 bridgehead atoms. The van der Waals surface area contributed by atoms with Crippen molar-refractivity contribution in [3.05, 3.63) is 64.9 Å². The van der Waals surface area contributed by atoms with Crippen LogP contribution in [-0.4, -0.2) is 15.0 Å². The first kappa shape index (κ1) is 15.2. The lowest BCUT2D eigenvalue weighted by Gasteiger charge is -2.16. The van der Waals surface area contributed by atoms with Crippen molar-refractivity contribution in [3.63, 3.8) is 0 Å². The van der Waals surface area contributed by atoms with Gasteiger partial charge in [0, 0.05) is 4.88 Å². The van der Waals surface area contributed by atoms with E-state index < -0.39 is 15.1 Å². The summed E-state index contributed by atoms with van der Waals surface area (Å²) in [7, 11) is -3.45. The maximum Gasteiger partial charge on any atom is 0.186 e. The predicted octanol–water partition coefficient (Wildman–Crippen LogP) is 3.77. The number of sulfone groups is 1. The molecule has 0 aliphatic heterocycles. The highest BCUT2D eigenvalue weighted by Crippen LogP contribution is 2.35. The second kappa shape index (κ2) is 6.20. The van der Waals surface area contributed by atoms with Crippen molar-refractivity contribution in [1.82, 2.24) is 0 Å². The molecule has 0 saturated heterocycles. The van der Waals surface area contributed by atoms with Gasteiger partial charge >= 0.3 is 0 Å². The summed E-state index contributed by atoms with van der Waals surface area (Å²) in [4.78, 5) is 1.21. The minimum atomic E-state index is -3.45. The number of benzene rings is 2. The molecule has 1 heterocycles. The highest BCUT2D eigenvalue weighted by molar-refractivity contribution is 7.91. The second-order valence-electron chi connectivity index (χ2n) is 5.14. The number of thiophene rings is 1. The normalized spacial score (nSPS) is 13.3. The standard InChI is InChI=1S/C17H17NO2S2/c18-10-9-17(16-6-3-11-21-16)22(19,20)15-8-7-13-4-1-2-5-14(13)12-15/h1-8,11-12,17H,9-10,18H2. The third kappa shape index (κ3) is 2.79. The van der Waals surface area contributed by atoms with Gasteiger partial charge in [-0.15, -0.1) is 11.3 Å². The fraction of sp³-hybridized carbons (Fsp3) is 0.176. The van der Waals surface area contributed by atoms with Crippen LogP contribution in [0, 0.1) is 0 Å². The largest absolute Gasteiger partial charge is 0.330 e. The summed E-state index contributed by atoms with van der Waals surface area (Å²) in [5.41, 5.74) is 5.64. The van der Waals surface area contributed by atoms with Crippen molar-refractivity contribution in [3.8, 4) is 0 Å². The van der Waals surface area contributed by atoms with E-state index >= 15 is 0 Å². The quantitative estimate of drug-likeness (QED) is 0.774. The highest BCUT2D eigenvalue weighted by Gasteiger charge is 2.29. The Balaban J connectivity index is 2.09. The van der Waals surface area contributed by atoms with Crippen molar-refractivity contribution in [2.24, 2.45) is 5.73 Å². The Morgan fingerprint density at radius 2 is 1.77 bits per heavy atom. The summed E-state index contributed by atoms with van der Waals surface area (Å²) >= 11 is 1.46. The number of fused-ring (bicyclic) bond motifs is 1. The number of hydrogen-bond donors (Lipinski definition) is 1. The van der Waals surface area contributed by atoms with Gasteiger partial charge in [-0.2, -0.15) is 0 Å². The van der Waals surface area contributed by atoms with Crippen LogP contribution in [0.3, 0.4) is 0 Å². The van der Waals surface area contributed by atoms with E-state index in [4.69, 9.17) is 5.73 Å². The first-order valence-corrected chi connectivity index (χ1v) is 9.51. The van der Waals surface area contributed by atoms with Gasteiger partial charge in [0.05, 0.1) is 4.90 Å². The molecule has 2 N–H and O–H groups in total. The molecule has 1 aromatic heterocycles. The lowest BCUT2D eigenvalue weighted by molar-refractivity contribution is 0.577. The van der Waals surface area contributed by atoms with Crippen LogP contribution >= 0.6 is 11.3 Å². The van der Waals surface area contributed by atoms with Crippen LogP contribution in [0.4, 0.5) is 0 Å². The lowest BCUT2D eigenvalue weighted by atomic mass is 10.1. The Kier molecular flexibility index (Phi) is 4.29. The van der Waals surface area contributed by atoms with E-state index in [9.17, 15) is 8.42 Å². The van der Waals surface area contributed by atoms with Crippen molar-refractivity contribution < 1.29 is 8.42 Å². The zero-order valence-electron chi connectivity index (χ0n) is 12.0. The van der Waals surface area contributed by atoms with Crippen LogP contribution in [0.2, 0.25) is 0 Å². The monoisotopic (exact) mass is 331 g/mol. The Labute approximate surface area is 134 Å². The van der Waals surface area contributed by atoms with Crippen LogP contribution in [0.5, 0.6) is 0 Å². The Bertz CT molecular complexity index is 871. The van der Waals surface area contributed by atoms with Crippen molar-refractivity contribution in [2.45, 2.75) is 16.6 Å². The molecule has 3 rings (SSSR count). The van der Waals surface area contributed by atoms with Crippen LogP contribution in [0.15, 0.2) is 64.9 Å². The molecule has 22 heavy (non-hydrogen) atoms. The molecule has 0 radical (unpaired) electrons.